The van der Waals surface area contributed by atoms with Crippen LogP contribution in [0.15, 0.2) is 54.7 Å². The number of halogens is 2. The number of aliphatic hydroxyl groups is 2. The number of aliphatic hydroxyl groups excluding tert-OH is 2. The maximum atomic E-state index is 9.61. The van der Waals surface area contributed by atoms with Crippen LogP contribution in [-0.4, -0.2) is 87.6 Å². The predicted octanol–water partition coefficient (Wildman–Crippen LogP) is 4.55. The number of ether oxygens (including phenoxy) is 2. The third-order valence-corrected chi connectivity index (χ3v) is 8.43. The molecule has 2 aliphatic heterocycles. The fourth-order valence-electron chi connectivity index (χ4n) is 5.39. The number of pyridine rings is 1. The highest BCUT2D eigenvalue weighted by Gasteiger charge is 2.27. The molecule has 2 saturated heterocycles. The molecule has 11 heteroatoms. The first-order valence-electron chi connectivity index (χ1n) is 13.7. The van der Waals surface area contributed by atoms with E-state index in [-0.39, 0.29) is 12.2 Å². The summed E-state index contributed by atoms with van der Waals surface area (Å²) < 4.78 is 11.2. The Bertz CT molecular complexity index is 1490. The van der Waals surface area contributed by atoms with Gasteiger partial charge in [-0.15, -0.1) is 0 Å². The van der Waals surface area contributed by atoms with Crippen molar-refractivity contribution in [1.82, 2.24) is 24.8 Å². The van der Waals surface area contributed by atoms with Gasteiger partial charge in [0.2, 0.25) is 11.8 Å². The number of β-amino-alcohol motifs (C(OH)–C–C–N with tert-alkyl or cyclic N) is 2. The van der Waals surface area contributed by atoms with Crippen LogP contribution in [0.4, 0.5) is 0 Å². The monoisotopic (exact) mass is 607 g/mol. The lowest BCUT2D eigenvalue weighted by Gasteiger charge is -2.35. The number of rotatable bonds is 9. The van der Waals surface area contributed by atoms with Crippen molar-refractivity contribution in [3.8, 4) is 45.4 Å². The van der Waals surface area contributed by atoms with Crippen molar-refractivity contribution in [1.29, 1.82) is 0 Å². The number of aromatic nitrogens is 3. The summed E-state index contributed by atoms with van der Waals surface area (Å²) >= 11 is 14.0. The minimum absolute atomic E-state index is 0.269. The first kappa shape index (κ1) is 28.8. The van der Waals surface area contributed by atoms with E-state index in [1.165, 1.54) is 0 Å². The predicted molar refractivity (Wildman–Crippen MR) is 162 cm³/mol. The molecule has 2 aromatic heterocycles. The Morgan fingerprint density at radius 1 is 0.714 bits per heavy atom. The van der Waals surface area contributed by atoms with Crippen LogP contribution in [0.5, 0.6) is 11.8 Å². The van der Waals surface area contributed by atoms with E-state index in [9.17, 15) is 10.2 Å². The van der Waals surface area contributed by atoms with E-state index in [1.807, 2.05) is 48.5 Å². The summed E-state index contributed by atoms with van der Waals surface area (Å²) in [7, 11) is 3.17. The van der Waals surface area contributed by atoms with Gasteiger partial charge in [-0.05, 0) is 6.07 Å². The molecule has 4 aromatic rings. The Balaban J connectivity index is 1.30. The Hall–Kier alpha value is -3.31. The number of benzene rings is 2. The number of likely N-dealkylation sites (tertiary alicyclic amines) is 2. The lowest BCUT2D eigenvalue weighted by atomic mass is 9.98. The van der Waals surface area contributed by atoms with Crippen LogP contribution in [0, 0.1) is 0 Å². The Labute approximate surface area is 254 Å². The van der Waals surface area contributed by atoms with Gasteiger partial charge in [0.25, 0.3) is 0 Å². The highest BCUT2D eigenvalue weighted by Crippen LogP contribution is 2.42. The molecule has 0 atom stereocenters. The molecule has 42 heavy (non-hydrogen) atoms. The molecule has 2 aromatic carbocycles. The van der Waals surface area contributed by atoms with Gasteiger partial charge in [0.15, 0.2) is 0 Å². The largest absolute Gasteiger partial charge is 0.481 e. The van der Waals surface area contributed by atoms with E-state index < -0.39 is 0 Å². The summed E-state index contributed by atoms with van der Waals surface area (Å²) in [6.45, 7) is 3.70. The molecule has 6 rings (SSSR count). The first-order chi connectivity index (χ1) is 20.3. The van der Waals surface area contributed by atoms with Gasteiger partial charge in [-0.2, -0.15) is 0 Å². The summed E-state index contributed by atoms with van der Waals surface area (Å²) in [4.78, 5) is 18.3. The summed E-state index contributed by atoms with van der Waals surface area (Å²) in [5.41, 5.74) is 5.87. The van der Waals surface area contributed by atoms with Crippen LogP contribution in [0.25, 0.3) is 33.6 Å². The second kappa shape index (κ2) is 12.1. The summed E-state index contributed by atoms with van der Waals surface area (Å²) in [6.07, 6.45) is 1.13. The zero-order chi connectivity index (χ0) is 29.4. The van der Waals surface area contributed by atoms with E-state index in [0.717, 1.165) is 22.3 Å². The molecular weight excluding hydrogens is 577 g/mol. The fourth-order valence-corrected chi connectivity index (χ4v) is 6.04. The van der Waals surface area contributed by atoms with Crippen LogP contribution in [0.2, 0.25) is 10.0 Å². The summed E-state index contributed by atoms with van der Waals surface area (Å²) in [6, 6.07) is 15.4. The standard InChI is InChI=1S/C31H31Cl2N5O4/c1-41-30-18(12-37-13-19(39)14-37)9-10-25(35-30)23-7-3-5-21(28(23)32)22-6-4-8-24(29(22)33)26-11-34-27(31(36-26)42-2)17-38-15-20(40)16-38/h3-11,19-20,39-40H,12-17H2,1-2H3. The van der Waals surface area contributed by atoms with Crippen LogP contribution in [0.1, 0.15) is 11.3 Å². The minimum Gasteiger partial charge on any atom is -0.481 e. The first-order valence-corrected chi connectivity index (χ1v) is 14.4. The molecule has 2 aliphatic rings. The zero-order valence-corrected chi connectivity index (χ0v) is 24.8. The molecule has 0 radical (unpaired) electrons. The van der Waals surface area contributed by atoms with Gasteiger partial charge >= 0.3 is 0 Å². The topological polar surface area (TPSA) is 104 Å². The van der Waals surface area contributed by atoms with Gasteiger partial charge in [-0.3, -0.25) is 14.8 Å². The Kier molecular flexibility index (Phi) is 8.31. The van der Waals surface area contributed by atoms with Crippen molar-refractivity contribution in [3.05, 3.63) is 76.0 Å². The maximum Gasteiger partial charge on any atom is 0.237 e. The second-order valence-corrected chi connectivity index (χ2v) is 11.4. The minimum atomic E-state index is -0.293. The Morgan fingerprint density at radius 2 is 1.24 bits per heavy atom. The number of hydrogen-bond acceptors (Lipinski definition) is 9. The van der Waals surface area contributed by atoms with Crippen molar-refractivity contribution in [2.75, 3.05) is 40.4 Å². The number of nitrogens with zero attached hydrogens (tertiary/aromatic N) is 5. The van der Waals surface area contributed by atoms with Crippen molar-refractivity contribution >= 4 is 23.2 Å². The second-order valence-electron chi connectivity index (χ2n) is 10.6. The molecule has 0 aliphatic carbocycles. The Morgan fingerprint density at radius 3 is 1.81 bits per heavy atom. The highest BCUT2D eigenvalue weighted by atomic mass is 35.5. The van der Waals surface area contributed by atoms with Crippen LogP contribution >= 0.6 is 23.2 Å². The molecule has 0 spiro atoms. The lowest BCUT2D eigenvalue weighted by Crippen LogP contribution is -2.50. The molecule has 2 fully saturated rings. The van der Waals surface area contributed by atoms with Crippen LogP contribution < -0.4 is 9.47 Å². The van der Waals surface area contributed by atoms with Gasteiger partial charge in [0.1, 0.15) is 5.69 Å². The molecule has 0 amide bonds. The van der Waals surface area contributed by atoms with Gasteiger partial charge in [-0.1, -0.05) is 65.7 Å². The van der Waals surface area contributed by atoms with Crippen LogP contribution in [0.3, 0.4) is 0 Å². The molecule has 9 nitrogen and oxygen atoms in total. The number of hydrogen-bond donors (Lipinski definition) is 2. The van der Waals surface area contributed by atoms with Crippen molar-refractivity contribution < 1.29 is 19.7 Å². The molecule has 0 unspecified atom stereocenters. The number of methoxy groups -OCH3 is 2. The SMILES string of the molecule is COc1nc(-c2cccc(-c3cccc(-c4cnc(CN5CC(O)C5)c(OC)n4)c3Cl)c2Cl)ccc1CN1CC(O)C1. The van der Waals surface area contributed by atoms with Crippen molar-refractivity contribution in [2.24, 2.45) is 0 Å². The van der Waals surface area contributed by atoms with Gasteiger partial charge < -0.3 is 19.7 Å². The third kappa shape index (κ3) is 5.68. The van der Waals surface area contributed by atoms with E-state index in [4.69, 9.17) is 42.6 Å². The van der Waals surface area contributed by atoms with Crippen molar-refractivity contribution in [2.45, 2.75) is 25.3 Å². The molecule has 218 valence electrons. The zero-order valence-electron chi connectivity index (χ0n) is 23.3. The van der Waals surface area contributed by atoms with Crippen molar-refractivity contribution in [3.63, 3.8) is 0 Å². The molecular formula is C31H31Cl2N5O4. The highest BCUT2D eigenvalue weighted by molar-refractivity contribution is 6.39. The van der Waals surface area contributed by atoms with E-state index in [1.54, 1.807) is 20.4 Å². The average Bonchev–Trinajstić information content (AvgIpc) is 2.96. The third-order valence-electron chi connectivity index (χ3n) is 7.62. The molecule has 0 bridgehead atoms. The van der Waals surface area contributed by atoms with Gasteiger partial charge in [-0.25, -0.2) is 9.97 Å². The smallest absolute Gasteiger partial charge is 0.237 e. The van der Waals surface area contributed by atoms with Gasteiger partial charge in [0.05, 0.1) is 54.1 Å². The average molecular weight is 609 g/mol. The molecule has 0 saturated carbocycles. The van der Waals surface area contributed by atoms with Gasteiger partial charge in [0, 0.05) is 67.1 Å². The van der Waals surface area contributed by atoms with E-state index in [0.29, 0.717) is 83.7 Å². The lowest BCUT2D eigenvalue weighted by molar-refractivity contribution is -0.00407. The van der Waals surface area contributed by atoms with E-state index in [2.05, 4.69) is 14.8 Å². The summed E-state index contributed by atoms with van der Waals surface area (Å²) in [5.74, 6) is 0.945. The quantitative estimate of drug-likeness (QED) is 0.283. The normalized spacial score (nSPS) is 16.2. The molecule has 2 N–H and O–H groups in total. The summed E-state index contributed by atoms with van der Waals surface area (Å²) in [5, 5.41) is 20.2. The fraction of sp³-hybridized carbons (Fsp3) is 0.323. The maximum absolute atomic E-state index is 9.61. The van der Waals surface area contributed by atoms with E-state index >= 15 is 0 Å². The van der Waals surface area contributed by atoms with Crippen LogP contribution in [-0.2, 0) is 13.1 Å². The molecule has 4 heterocycles.